The van der Waals surface area contributed by atoms with Crippen LogP contribution in [-0.4, -0.2) is 32.5 Å². The molecule has 0 unspecified atom stereocenters. The third kappa shape index (κ3) is 4.53. The largest absolute Gasteiger partial charge is 0.352 e. The highest BCUT2D eigenvalue weighted by molar-refractivity contribution is 7.91. The lowest BCUT2D eigenvalue weighted by atomic mass is 10.2. The number of hydrogen-bond acceptors (Lipinski definition) is 4. The van der Waals surface area contributed by atoms with Crippen molar-refractivity contribution in [3.05, 3.63) is 59.4 Å². The van der Waals surface area contributed by atoms with Gasteiger partial charge in [-0.2, -0.15) is 0 Å². The number of anilines is 1. The topological polar surface area (TPSA) is 83.6 Å². The van der Waals surface area contributed by atoms with Gasteiger partial charge in [0.05, 0.1) is 10.6 Å². The van der Waals surface area contributed by atoms with Crippen LogP contribution in [0.2, 0.25) is 0 Å². The van der Waals surface area contributed by atoms with Gasteiger partial charge < -0.3 is 10.2 Å². The van der Waals surface area contributed by atoms with E-state index in [2.05, 4.69) is 5.32 Å². The Kier molecular flexibility index (Phi) is 5.60. The molecule has 2 aromatic carbocycles. The molecule has 0 bridgehead atoms. The summed E-state index contributed by atoms with van der Waals surface area (Å²) < 4.78 is 38.3. The average Bonchev–Trinajstić information content (AvgIpc) is 3.50. The second kappa shape index (κ2) is 8.18. The van der Waals surface area contributed by atoms with Gasteiger partial charge in [-0.25, -0.2) is 12.8 Å². The van der Waals surface area contributed by atoms with E-state index >= 15 is 0 Å². The summed E-state index contributed by atoms with van der Waals surface area (Å²) in [6.07, 6.45) is 2.34. The lowest BCUT2D eigenvalue weighted by Gasteiger charge is -2.17. The number of nitrogens with zero attached hydrogens (tertiary/aromatic N) is 1. The average molecular weight is 431 g/mol. The fraction of sp³-hybridized carbons (Fsp3) is 0.364. The van der Waals surface area contributed by atoms with Crippen LogP contribution in [0.5, 0.6) is 0 Å². The standard InChI is InChI=1S/C22H23FN2O4S/c23-18-5-1-15(2-6-18)14-24-21(26)10-12-30(28,29)19-7-8-20-17(13-19)9-11-25(20)22(27)16-3-4-16/h1-2,5-8,13,16H,3-4,9-12,14H2,(H,24,26). The van der Waals surface area contributed by atoms with Crippen LogP contribution in [0.3, 0.4) is 0 Å². The summed E-state index contributed by atoms with van der Waals surface area (Å²) in [5.74, 6) is -0.795. The second-order valence-corrected chi connectivity index (χ2v) is 9.89. The van der Waals surface area contributed by atoms with E-state index in [0.717, 1.165) is 29.7 Å². The van der Waals surface area contributed by atoms with Gasteiger partial charge in [0.25, 0.3) is 0 Å². The van der Waals surface area contributed by atoms with Crippen LogP contribution in [0.15, 0.2) is 47.4 Å². The van der Waals surface area contributed by atoms with E-state index in [1.807, 2.05) is 0 Å². The van der Waals surface area contributed by atoms with Crippen molar-refractivity contribution >= 4 is 27.3 Å². The van der Waals surface area contributed by atoms with E-state index < -0.39 is 9.84 Å². The number of carbonyl (C=O) groups excluding carboxylic acids is 2. The summed E-state index contributed by atoms with van der Waals surface area (Å²) in [4.78, 5) is 26.3. The Labute approximate surface area is 175 Å². The summed E-state index contributed by atoms with van der Waals surface area (Å²) >= 11 is 0. The zero-order valence-electron chi connectivity index (χ0n) is 16.4. The molecule has 30 heavy (non-hydrogen) atoms. The molecule has 2 aromatic rings. The molecule has 6 nitrogen and oxygen atoms in total. The van der Waals surface area contributed by atoms with Crippen molar-refractivity contribution in [2.75, 3.05) is 17.2 Å². The monoisotopic (exact) mass is 430 g/mol. The van der Waals surface area contributed by atoms with Crippen LogP contribution in [-0.2, 0) is 32.4 Å². The van der Waals surface area contributed by atoms with Crippen molar-refractivity contribution in [2.45, 2.75) is 37.1 Å². The molecule has 1 fully saturated rings. The van der Waals surface area contributed by atoms with Crippen molar-refractivity contribution in [1.82, 2.24) is 5.32 Å². The Morgan fingerprint density at radius 1 is 1.10 bits per heavy atom. The number of benzene rings is 2. The van der Waals surface area contributed by atoms with Gasteiger partial charge in [-0.15, -0.1) is 0 Å². The summed E-state index contributed by atoms with van der Waals surface area (Å²) in [5.41, 5.74) is 2.38. The van der Waals surface area contributed by atoms with E-state index in [-0.39, 0.29) is 47.2 Å². The van der Waals surface area contributed by atoms with Crippen molar-refractivity contribution in [3.8, 4) is 0 Å². The van der Waals surface area contributed by atoms with Crippen LogP contribution in [0.4, 0.5) is 10.1 Å². The predicted molar refractivity (Wildman–Crippen MR) is 110 cm³/mol. The van der Waals surface area contributed by atoms with E-state index in [4.69, 9.17) is 0 Å². The molecule has 158 valence electrons. The van der Waals surface area contributed by atoms with Gasteiger partial charge in [-0.3, -0.25) is 9.59 Å². The van der Waals surface area contributed by atoms with Gasteiger partial charge in [0.1, 0.15) is 5.82 Å². The summed E-state index contributed by atoms with van der Waals surface area (Å²) in [7, 11) is -3.62. The fourth-order valence-electron chi connectivity index (χ4n) is 3.59. The van der Waals surface area contributed by atoms with Crippen LogP contribution in [0.1, 0.15) is 30.4 Å². The minimum atomic E-state index is -3.62. The number of sulfone groups is 1. The van der Waals surface area contributed by atoms with Gasteiger partial charge in [-0.1, -0.05) is 12.1 Å². The summed E-state index contributed by atoms with van der Waals surface area (Å²) in [5, 5.41) is 2.65. The molecule has 0 atom stereocenters. The fourth-order valence-corrected chi connectivity index (χ4v) is 4.87. The minimum absolute atomic E-state index is 0.118. The highest BCUT2D eigenvalue weighted by Gasteiger charge is 2.36. The molecular weight excluding hydrogens is 407 g/mol. The second-order valence-electron chi connectivity index (χ2n) is 7.78. The van der Waals surface area contributed by atoms with Crippen LogP contribution >= 0.6 is 0 Å². The first-order valence-electron chi connectivity index (χ1n) is 10.0. The number of carbonyl (C=O) groups is 2. The maximum Gasteiger partial charge on any atom is 0.230 e. The highest BCUT2D eigenvalue weighted by atomic mass is 32.2. The molecule has 1 saturated carbocycles. The number of halogens is 1. The first kappa shape index (κ1) is 20.5. The van der Waals surface area contributed by atoms with E-state index in [0.29, 0.717) is 13.0 Å². The van der Waals surface area contributed by atoms with Gasteiger partial charge in [0, 0.05) is 31.1 Å². The third-order valence-electron chi connectivity index (χ3n) is 5.50. The number of nitrogens with one attached hydrogen (secondary N) is 1. The number of fused-ring (bicyclic) bond motifs is 1. The normalized spacial score (nSPS) is 15.7. The Morgan fingerprint density at radius 2 is 1.83 bits per heavy atom. The van der Waals surface area contributed by atoms with Crippen LogP contribution in [0.25, 0.3) is 0 Å². The molecule has 4 rings (SSSR count). The summed E-state index contributed by atoms with van der Waals surface area (Å²) in [6, 6.07) is 10.6. The van der Waals surface area contributed by atoms with Crippen molar-refractivity contribution in [1.29, 1.82) is 0 Å². The van der Waals surface area contributed by atoms with Crippen LogP contribution < -0.4 is 10.2 Å². The Balaban J connectivity index is 1.35. The first-order valence-corrected chi connectivity index (χ1v) is 11.7. The molecule has 1 aliphatic carbocycles. The van der Waals surface area contributed by atoms with E-state index in [1.54, 1.807) is 29.2 Å². The van der Waals surface area contributed by atoms with Crippen molar-refractivity contribution in [2.24, 2.45) is 5.92 Å². The Bertz CT molecular complexity index is 1080. The third-order valence-corrected chi connectivity index (χ3v) is 7.21. The molecule has 1 heterocycles. The summed E-state index contributed by atoms with van der Waals surface area (Å²) in [6.45, 7) is 0.794. The van der Waals surface area contributed by atoms with Gasteiger partial charge in [0.15, 0.2) is 9.84 Å². The maximum absolute atomic E-state index is 12.9. The predicted octanol–water partition coefficient (Wildman–Crippen LogP) is 2.61. The number of amides is 2. The van der Waals surface area contributed by atoms with E-state index in [1.165, 1.54) is 18.2 Å². The zero-order valence-corrected chi connectivity index (χ0v) is 17.3. The minimum Gasteiger partial charge on any atom is -0.352 e. The molecule has 8 heteroatoms. The molecule has 2 amide bonds. The highest BCUT2D eigenvalue weighted by Crippen LogP contribution is 2.37. The van der Waals surface area contributed by atoms with Gasteiger partial charge in [-0.05, 0) is 60.7 Å². The molecule has 0 spiro atoms. The molecule has 1 aliphatic heterocycles. The molecule has 0 saturated heterocycles. The Hall–Kier alpha value is -2.74. The smallest absolute Gasteiger partial charge is 0.230 e. The lowest BCUT2D eigenvalue weighted by molar-refractivity contribution is -0.121. The zero-order chi connectivity index (χ0) is 21.3. The number of rotatable bonds is 7. The van der Waals surface area contributed by atoms with Crippen molar-refractivity contribution in [3.63, 3.8) is 0 Å². The first-order chi connectivity index (χ1) is 14.3. The van der Waals surface area contributed by atoms with E-state index in [9.17, 15) is 22.4 Å². The van der Waals surface area contributed by atoms with Crippen molar-refractivity contribution < 1.29 is 22.4 Å². The quantitative estimate of drug-likeness (QED) is 0.732. The SMILES string of the molecule is O=C(CCS(=O)(=O)c1ccc2c(c1)CCN2C(=O)C1CC1)NCc1ccc(F)cc1. The molecule has 1 N–H and O–H groups in total. The molecule has 0 aromatic heterocycles. The van der Waals surface area contributed by atoms with Crippen LogP contribution in [0, 0.1) is 11.7 Å². The molecular formula is C22H23FN2O4S. The lowest BCUT2D eigenvalue weighted by Crippen LogP contribution is -2.30. The number of hydrogen-bond donors (Lipinski definition) is 1. The van der Waals surface area contributed by atoms with Gasteiger partial charge in [0.2, 0.25) is 11.8 Å². The maximum atomic E-state index is 12.9. The Morgan fingerprint density at radius 3 is 2.53 bits per heavy atom. The molecule has 2 aliphatic rings. The molecule has 0 radical (unpaired) electrons. The van der Waals surface area contributed by atoms with Gasteiger partial charge >= 0.3 is 0 Å².